The third kappa shape index (κ3) is 3.53. The fourth-order valence-electron chi connectivity index (χ4n) is 8.87. The fraction of sp³-hybridized carbons (Fsp3) is 0.567. The number of carbonyl (C=O) groups excluding carboxylic acids is 1. The Balaban J connectivity index is 1.24. The van der Waals surface area contributed by atoms with E-state index in [4.69, 9.17) is 8.92 Å². The van der Waals surface area contributed by atoms with Crippen molar-refractivity contribution in [2.45, 2.75) is 80.5 Å². The number of rotatable bonds is 7. The van der Waals surface area contributed by atoms with Crippen LogP contribution in [0.25, 0.3) is 0 Å². The number of phenols is 1. The van der Waals surface area contributed by atoms with Crippen molar-refractivity contribution in [1.29, 1.82) is 0 Å². The zero-order valence-electron chi connectivity index (χ0n) is 22.5. The zero-order valence-corrected chi connectivity index (χ0v) is 23.4. The minimum atomic E-state index is -4.24. The number of nitrogens with zero attached hydrogens (tertiary/aromatic N) is 2. The number of hydrogen-bond acceptors (Lipinski definition) is 9. The maximum atomic E-state index is 15.1. The Morgan fingerprint density at radius 3 is 2.78 bits per heavy atom. The average Bonchev–Trinajstić information content (AvgIpc) is 3.57. The Morgan fingerprint density at radius 1 is 1.17 bits per heavy atom. The second-order valence-electron chi connectivity index (χ2n) is 12.7. The third-order valence-corrected chi connectivity index (χ3v) is 11.8. The number of piperidine rings is 1. The van der Waals surface area contributed by atoms with Gasteiger partial charge in [0.1, 0.15) is 24.0 Å². The Labute approximate surface area is 238 Å². The lowest BCUT2D eigenvalue weighted by Gasteiger charge is -2.65. The molecule has 0 aromatic heterocycles. The molecule has 0 radical (unpaired) electrons. The highest BCUT2D eigenvalue weighted by molar-refractivity contribution is 7.87. The monoisotopic (exact) mass is 584 g/mol. The van der Waals surface area contributed by atoms with Gasteiger partial charge in [-0.3, -0.25) is 9.80 Å². The van der Waals surface area contributed by atoms with Crippen LogP contribution in [-0.2, 0) is 37.5 Å². The molecule has 1 spiro atoms. The largest absolute Gasteiger partial charge is 0.504 e. The van der Waals surface area contributed by atoms with E-state index in [0.29, 0.717) is 48.5 Å². The second kappa shape index (κ2) is 8.73. The molecule has 2 N–H and O–H groups in total. The van der Waals surface area contributed by atoms with E-state index in [1.54, 1.807) is 12.1 Å². The lowest BCUT2D eigenvalue weighted by Crippen LogP contribution is -2.78. The van der Waals surface area contributed by atoms with Crippen LogP contribution in [0.1, 0.15) is 60.6 Å². The minimum absolute atomic E-state index is 0.0181. The molecule has 0 amide bonds. The molecule has 218 valence electrons. The molecule has 1 saturated heterocycles. The molecule has 2 bridgehead atoms. The number of benzene rings is 2. The number of likely N-dealkylation sites (tertiary alicyclic amines) is 1. The molecular weight excluding hydrogens is 551 g/mol. The standard InChI is InChI=1S/C30H33FN2O7S/c31-21-3-1-2-19-20(21)16-33(28(19)40-41(37,38)13-12-34)22-8-9-30(36)24-14-18-6-7-23(35)26-25(18)29(30,27(22)39-26)10-11-32(24)15-17-4-5-17/h1-3,6-7,12,17,22,24,27-28,35-36H,4-5,8-11,13-16H2/t22-,24-,27+,28?,29+,30-/m1/s1. The summed E-state index contributed by atoms with van der Waals surface area (Å²) in [6.07, 6.45) is 3.15. The summed E-state index contributed by atoms with van der Waals surface area (Å²) >= 11 is 0. The number of hydrogen-bond donors (Lipinski definition) is 2. The Bertz CT molecular complexity index is 1560. The molecule has 1 unspecified atom stereocenters. The Kier molecular flexibility index (Phi) is 5.56. The van der Waals surface area contributed by atoms with Gasteiger partial charge in [0.25, 0.3) is 10.1 Å². The van der Waals surface area contributed by atoms with Gasteiger partial charge in [0.15, 0.2) is 17.7 Å². The third-order valence-electron chi connectivity index (χ3n) is 10.7. The van der Waals surface area contributed by atoms with E-state index in [-0.39, 0.29) is 24.6 Å². The van der Waals surface area contributed by atoms with Crippen molar-refractivity contribution in [2.24, 2.45) is 5.92 Å². The molecule has 3 fully saturated rings. The summed E-state index contributed by atoms with van der Waals surface area (Å²) in [4.78, 5) is 15.4. The quantitative estimate of drug-likeness (QED) is 0.374. The maximum Gasteiger partial charge on any atom is 0.276 e. The number of aldehydes is 1. The highest BCUT2D eigenvalue weighted by Gasteiger charge is 2.73. The molecule has 2 saturated carbocycles. The summed E-state index contributed by atoms with van der Waals surface area (Å²) in [5.74, 6) is -0.193. The predicted octanol–water partition coefficient (Wildman–Crippen LogP) is 2.52. The van der Waals surface area contributed by atoms with E-state index >= 15 is 4.39 Å². The lowest BCUT2D eigenvalue weighted by atomic mass is 9.48. The van der Waals surface area contributed by atoms with Crippen molar-refractivity contribution in [3.05, 3.63) is 58.4 Å². The first kappa shape index (κ1) is 26.1. The minimum Gasteiger partial charge on any atom is -0.504 e. The van der Waals surface area contributed by atoms with Crippen LogP contribution in [0.15, 0.2) is 30.3 Å². The molecule has 6 aliphatic rings. The molecule has 8 rings (SSSR count). The number of aromatic hydroxyl groups is 1. The highest BCUT2D eigenvalue weighted by atomic mass is 32.2. The number of phenolic OH excluding ortho intramolecular Hbond substituents is 1. The van der Waals surface area contributed by atoms with E-state index in [1.165, 1.54) is 25.0 Å². The summed E-state index contributed by atoms with van der Waals surface area (Å²) in [6, 6.07) is 7.56. The molecule has 3 heterocycles. The van der Waals surface area contributed by atoms with Gasteiger partial charge in [0, 0.05) is 35.8 Å². The number of carbonyl (C=O) groups is 1. The average molecular weight is 585 g/mol. The zero-order chi connectivity index (χ0) is 28.3. The highest BCUT2D eigenvalue weighted by Crippen LogP contribution is 2.66. The molecule has 9 nitrogen and oxygen atoms in total. The van der Waals surface area contributed by atoms with Gasteiger partial charge in [-0.1, -0.05) is 18.2 Å². The Morgan fingerprint density at radius 2 is 2.00 bits per heavy atom. The topological polar surface area (TPSA) is 117 Å². The van der Waals surface area contributed by atoms with Gasteiger partial charge in [-0.15, -0.1) is 0 Å². The van der Waals surface area contributed by atoms with Crippen LogP contribution >= 0.6 is 0 Å². The summed E-state index contributed by atoms with van der Waals surface area (Å²) in [5, 5.41) is 23.7. The van der Waals surface area contributed by atoms with Crippen molar-refractivity contribution in [2.75, 3.05) is 18.8 Å². The Hall–Kier alpha value is -2.57. The molecular formula is C30H33FN2O7S. The molecule has 41 heavy (non-hydrogen) atoms. The van der Waals surface area contributed by atoms with Gasteiger partial charge >= 0.3 is 0 Å². The van der Waals surface area contributed by atoms with E-state index in [2.05, 4.69) is 4.90 Å². The van der Waals surface area contributed by atoms with Crippen LogP contribution in [0.4, 0.5) is 4.39 Å². The number of ether oxygens (including phenoxy) is 1. The summed E-state index contributed by atoms with van der Waals surface area (Å²) in [5.41, 5.74) is 0.751. The van der Waals surface area contributed by atoms with Crippen molar-refractivity contribution in [3.8, 4) is 11.5 Å². The van der Waals surface area contributed by atoms with Crippen LogP contribution in [0.5, 0.6) is 11.5 Å². The van der Waals surface area contributed by atoms with Crippen molar-refractivity contribution in [3.63, 3.8) is 0 Å². The van der Waals surface area contributed by atoms with Crippen LogP contribution in [0, 0.1) is 11.7 Å². The lowest BCUT2D eigenvalue weighted by molar-refractivity contribution is -0.207. The molecule has 11 heteroatoms. The number of fused-ring (bicyclic) bond motifs is 1. The molecule has 2 aromatic carbocycles. The number of aliphatic hydroxyl groups is 1. The van der Waals surface area contributed by atoms with Gasteiger partial charge in [0.2, 0.25) is 0 Å². The second-order valence-corrected chi connectivity index (χ2v) is 14.4. The van der Waals surface area contributed by atoms with Gasteiger partial charge in [0.05, 0.1) is 17.1 Å². The summed E-state index contributed by atoms with van der Waals surface area (Å²) in [6.45, 7) is 1.84. The van der Waals surface area contributed by atoms with Gasteiger partial charge in [-0.25, -0.2) is 8.57 Å². The van der Waals surface area contributed by atoms with Gasteiger partial charge < -0.3 is 19.7 Å². The van der Waals surface area contributed by atoms with Crippen LogP contribution < -0.4 is 4.74 Å². The van der Waals surface area contributed by atoms with E-state index in [9.17, 15) is 23.4 Å². The van der Waals surface area contributed by atoms with E-state index < -0.39 is 51.1 Å². The van der Waals surface area contributed by atoms with E-state index in [1.807, 2.05) is 11.0 Å². The molecule has 2 aromatic rings. The number of halogens is 1. The SMILES string of the molecule is O=CCS(=O)(=O)OC1c2cccc(F)c2CN1[C@@H]1CC[C@@]2(O)[C@H]3Cc4ccc(O)c5c4[C@@]2(CCN3CC2CC2)[C@H]1O5. The predicted molar refractivity (Wildman–Crippen MR) is 144 cm³/mol. The summed E-state index contributed by atoms with van der Waals surface area (Å²) in [7, 11) is -4.24. The van der Waals surface area contributed by atoms with Gasteiger partial charge in [-0.05, 0) is 68.7 Å². The van der Waals surface area contributed by atoms with E-state index in [0.717, 1.165) is 24.2 Å². The first-order valence-corrected chi connectivity index (χ1v) is 16.1. The smallest absolute Gasteiger partial charge is 0.276 e. The summed E-state index contributed by atoms with van der Waals surface area (Å²) < 4.78 is 52.8. The fourth-order valence-corrected chi connectivity index (χ4v) is 9.61. The molecule has 3 aliphatic heterocycles. The van der Waals surface area contributed by atoms with Crippen molar-refractivity contribution < 1.29 is 36.7 Å². The van der Waals surface area contributed by atoms with Crippen LogP contribution in [0.2, 0.25) is 0 Å². The van der Waals surface area contributed by atoms with Crippen LogP contribution in [0.3, 0.4) is 0 Å². The van der Waals surface area contributed by atoms with Gasteiger partial charge in [-0.2, -0.15) is 8.42 Å². The molecule has 6 atom stereocenters. The van der Waals surface area contributed by atoms with Crippen molar-refractivity contribution >= 4 is 16.4 Å². The molecule has 3 aliphatic carbocycles. The van der Waals surface area contributed by atoms with Crippen LogP contribution in [-0.4, -0.2) is 77.3 Å². The maximum absolute atomic E-state index is 15.1. The first-order valence-electron chi connectivity index (χ1n) is 14.5. The van der Waals surface area contributed by atoms with Crippen molar-refractivity contribution in [1.82, 2.24) is 9.80 Å². The first-order chi connectivity index (χ1) is 19.7. The normalized spacial score (nSPS) is 35.6.